The highest BCUT2D eigenvalue weighted by molar-refractivity contribution is 5.72. The van der Waals surface area contributed by atoms with Gasteiger partial charge < -0.3 is 15.6 Å². The number of phenolic OH excluding ortho intramolecular Hbond substituents is 1. The molecular formula is C15H21NO3. The average molecular weight is 263 g/mol. The summed E-state index contributed by atoms with van der Waals surface area (Å²) in [5, 5.41) is 10.0. The van der Waals surface area contributed by atoms with E-state index in [4.69, 9.17) is 10.5 Å². The highest BCUT2D eigenvalue weighted by Gasteiger charge is 2.30. The quantitative estimate of drug-likeness (QED) is 0.499. The molecule has 1 fully saturated rings. The minimum Gasteiger partial charge on any atom is -0.505 e. The number of ether oxygens (including phenoxy) is 1. The van der Waals surface area contributed by atoms with E-state index >= 15 is 0 Å². The molecular weight excluding hydrogens is 242 g/mol. The van der Waals surface area contributed by atoms with Crippen LogP contribution in [0, 0.1) is 5.92 Å². The molecule has 1 aromatic carbocycles. The van der Waals surface area contributed by atoms with Crippen LogP contribution >= 0.6 is 0 Å². The number of nitrogens with two attached hydrogens (primary N) is 1. The Balaban J connectivity index is 2.13. The smallest absolute Gasteiger partial charge is 0.308 e. The van der Waals surface area contributed by atoms with Gasteiger partial charge in [0.05, 0.1) is 18.2 Å². The van der Waals surface area contributed by atoms with Crippen LogP contribution in [0.3, 0.4) is 0 Å². The number of esters is 1. The van der Waals surface area contributed by atoms with Crippen LogP contribution in [0.1, 0.15) is 44.1 Å². The molecule has 2 unspecified atom stereocenters. The molecule has 1 saturated carbocycles. The fraction of sp³-hybridized carbons (Fsp3) is 0.533. The Kier molecular flexibility index (Phi) is 4.30. The zero-order valence-corrected chi connectivity index (χ0v) is 11.3. The van der Waals surface area contributed by atoms with Gasteiger partial charge in [-0.1, -0.05) is 18.6 Å². The number of anilines is 1. The second-order valence-electron chi connectivity index (χ2n) is 5.10. The molecule has 0 saturated heterocycles. The third-order valence-electron chi connectivity index (χ3n) is 3.83. The van der Waals surface area contributed by atoms with E-state index in [0.717, 1.165) is 31.2 Å². The van der Waals surface area contributed by atoms with E-state index in [1.807, 2.05) is 19.1 Å². The van der Waals surface area contributed by atoms with E-state index in [0.29, 0.717) is 12.3 Å². The van der Waals surface area contributed by atoms with Gasteiger partial charge in [-0.3, -0.25) is 4.79 Å². The lowest BCUT2D eigenvalue weighted by Gasteiger charge is -2.28. The van der Waals surface area contributed by atoms with Crippen LogP contribution in [0.4, 0.5) is 5.69 Å². The maximum Gasteiger partial charge on any atom is 0.308 e. The summed E-state index contributed by atoms with van der Waals surface area (Å²) >= 11 is 0. The summed E-state index contributed by atoms with van der Waals surface area (Å²) in [7, 11) is 0. The molecule has 0 spiro atoms. The van der Waals surface area contributed by atoms with Gasteiger partial charge >= 0.3 is 5.97 Å². The van der Waals surface area contributed by atoms with Gasteiger partial charge in [-0.25, -0.2) is 0 Å². The topological polar surface area (TPSA) is 72.5 Å². The Morgan fingerprint density at radius 2 is 2.26 bits per heavy atom. The normalized spacial score (nSPS) is 23.0. The third-order valence-corrected chi connectivity index (χ3v) is 3.83. The molecule has 0 bridgehead atoms. The van der Waals surface area contributed by atoms with Gasteiger partial charge in [-0.15, -0.1) is 0 Å². The number of benzene rings is 1. The Morgan fingerprint density at radius 3 is 3.00 bits per heavy atom. The van der Waals surface area contributed by atoms with Gasteiger partial charge in [-0.2, -0.15) is 0 Å². The summed E-state index contributed by atoms with van der Waals surface area (Å²) in [5.74, 6) is 0.179. The number of carbonyl (C=O) groups is 1. The van der Waals surface area contributed by atoms with E-state index in [1.54, 1.807) is 6.07 Å². The molecule has 4 heteroatoms. The molecule has 1 aliphatic rings. The average Bonchev–Trinajstić information content (AvgIpc) is 2.42. The number of phenols is 1. The van der Waals surface area contributed by atoms with E-state index in [1.165, 1.54) is 0 Å². The largest absolute Gasteiger partial charge is 0.505 e. The standard InChI is InChI=1S/C15H21NO3/c1-2-19-15(18)11-6-3-5-10(9-11)12-7-4-8-13(16)14(12)17/h4,7-8,10-11,17H,2-3,5-6,9,16H2,1H3. The van der Waals surface area contributed by atoms with Crippen molar-refractivity contribution in [3.8, 4) is 5.75 Å². The molecule has 0 radical (unpaired) electrons. The highest BCUT2D eigenvalue weighted by atomic mass is 16.5. The van der Waals surface area contributed by atoms with E-state index in [9.17, 15) is 9.90 Å². The van der Waals surface area contributed by atoms with Crippen LogP contribution in [0.15, 0.2) is 18.2 Å². The Morgan fingerprint density at radius 1 is 1.47 bits per heavy atom. The Bertz CT molecular complexity index is 459. The second kappa shape index (κ2) is 5.95. The molecule has 19 heavy (non-hydrogen) atoms. The lowest BCUT2D eigenvalue weighted by atomic mass is 9.77. The van der Waals surface area contributed by atoms with Gasteiger partial charge in [0.15, 0.2) is 0 Å². The maximum absolute atomic E-state index is 11.8. The summed E-state index contributed by atoms with van der Waals surface area (Å²) in [6.07, 6.45) is 3.56. The first-order valence-corrected chi connectivity index (χ1v) is 6.87. The molecule has 0 amide bonds. The Labute approximate surface area is 113 Å². The van der Waals surface area contributed by atoms with Crippen LogP contribution in [-0.2, 0) is 9.53 Å². The molecule has 0 aliphatic heterocycles. The predicted octanol–water partition coefficient (Wildman–Crippen LogP) is 2.81. The van der Waals surface area contributed by atoms with Crippen molar-refractivity contribution < 1.29 is 14.6 Å². The van der Waals surface area contributed by atoms with E-state index < -0.39 is 0 Å². The third kappa shape index (κ3) is 3.00. The van der Waals surface area contributed by atoms with Crippen molar-refractivity contribution >= 4 is 11.7 Å². The van der Waals surface area contributed by atoms with Crippen molar-refractivity contribution in [2.45, 2.75) is 38.5 Å². The summed E-state index contributed by atoms with van der Waals surface area (Å²) in [6.45, 7) is 2.24. The Hall–Kier alpha value is -1.71. The highest BCUT2D eigenvalue weighted by Crippen LogP contribution is 2.41. The first kappa shape index (κ1) is 13.7. The van der Waals surface area contributed by atoms with Crippen LogP contribution < -0.4 is 5.73 Å². The van der Waals surface area contributed by atoms with Gasteiger partial charge in [0.2, 0.25) is 0 Å². The molecule has 1 aliphatic carbocycles. The van der Waals surface area contributed by atoms with Crippen molar-refractivity contribution in [1.82, 2.24) is 0 Å². The first-order chi connectivity index (χ1) is 9.13. The molecule has 104 valence electrons. The summed E-state index contributed by atoms with van der Waals surface area (Å²) in [4.78, 5) is 11.8. The number of hydrogen-bond acceptors (Lipinski definition) is 4. The lowest BCUT2D eigenvalue weighted by molar-refractivity contribution is -0.149. The summed E-state index contributed by atoms with van der Waals surface area (Å²) in [5.41, 5.74) is 6.98. The maximum atomic E-state index is 11.8. The van der Waals surface area contributed by atoms with Crippen molar-refractivity contribution in [2.24, 2.45) is 5.92 Å². The minimum atomic E-state index is -0.115. The first-order valence-electron chi connectivity index (χ1n) is 6.87. The minimum absolute atomic E-state index is 0.0560. The lowest BCUT2D eigenvalue weighted by Crippen LogP contribution is -2.24. The van der Waals surface area contributed by atoms with Crippen molar-refractivity contribution in [2.75, 3.05) is 12.3 Å². The number of aromatic hydroxyl groups is 1. The van der Waals surface area contributed by atoms with Crippen LogP contribution in [0.25, 0.3) is 0 Å². The second-order valence-corrected chi connectivity index (χ2v) is 5.10. The monoisotopic (exact) mass is 263 g/mol. The molecule has 0 heterocycles. The zero-order valence-electron chi connectivity index (χ0n) is 11.3. The van der Waals surface area contributed by atoms with Gasteiger partial charge in [0, 0.05) is 0 Å². The van der Waals surface area contributed by atoms with Crippen molar-refractivity contribution in [3.05, 3.63) is 23.8 Å². The van der Waals surface area contributed by atoms with Crippen LogP contribution in [-0.4, -0.2) is 17.7 Å². The SMILES string of the molecule is CCOC(=O)C1CCCC(c2cccc(N)c2O)C1. The number of rotatable bonds is 3. The van der Waals surface area contributed by atoms with E-state index in [2.05, 4.69) is 0 Å². The fourth-order valence-corrected chi connectivity index (χ4v) is 2.86. The number of nitrogen functional groups attached to an aromatic ring is 1. The molecule has 2 atom stereocenters. The molecule has 1 aromatic rings. The molecule has 4 nitrogen and oxygen atoms in total. The van der Waals surface area contributed by atoms with Crippen molar-refractivity contribution in [3.63, 3.8) is 0 Å². The van der Waals surface area contributed by atoms with Crippen LogP contribution in [0.5, 0.6) is 5.75 Å². The van der Waals surface area contributed by atoms with Gasteiger partial charge in [-0.05, 0) is 43.7 Å². The number of carbonyl (C=O) groups excluding carboxylic acids is 1. The van der Waals surface area contributed by atoms with Crippen molar-refractivity contribution in [1.29, 1.82) is 0 Å². The number of para-hydroxylation sites is 1. The van der Waals surface area contributed by atoms with Gasteiger partial charge in [0.25, 0.3) is 0 Å². The van der Waals surface area contributed by atoms with E-state index in [-0.39, 0.29) is 23.6 Å². The van der Waals surface area contributed by atoms with Crippen LogP contribution in [0.2, 0.25) is 0 Å². The zero-order chi connectivity index (χ0) is 13.8. The number of hydrogen-bond donors (Lipinski definition) is 2. The summed E-state index contributed by atoms with van der Waals surface area (Å²) < 4.78 is 5.09. The molecule has 3 N–H and O–H groups in total. The fourth-order valence-electron chi connectivity index (χ4n) is 2.86. The summed E-state index contributed by atoms with van der Waals surface area (Å²) in [6, 6.07) is 5.42. The molecule has 0 aromatic heterocycles. The predicted molar refractivity (Wildman–Crippen MR) is 73.9 cm³/mol. The molecule has 2 rings (SSSR count). The van der Waals surface area contributed by atoms with Gasteiger partial charge in [0.1, 0.15) is 5.75 Å².